The van der Waals surface area contributed by atoms with Crippen molar-refractivity contribution >= 4 is 11.8 Å². The van der Waals surface area contributed by atoms with Gasteiger partial charge >= 0.3 is 0 Å². The molecular formula is C14H28N2S. The molecule has 0 aliphatic carbocycles. The van der Waals surface area contributed by atoms with Crippen molar-refractivity contribution in [3.63, 3.8) is 0 Å². The van der Waals surface area contributed by atoms with Crippen LogP contribution in [0.15, 0.2) is 12.7 Å². The van der Waals surface area contributed by atoms with Crippen LogP contribution in [0.3, 0.4) is 0 Å². The maximum absolute atomic E-state index is 3.76. The average Bonchev–Trinajstić information content (AvgIpc) is 2.33. The summed E-state index contributed by atoms with van der Waals surface area (Å²) in [4.78, 5) is 2.65. The molecule has 0 spiro atoms. The Hall–Kier alpha value is 0.01000. The van der Waals surface area contributed by atoms with Crippen molar-refractivity contribution in [1.29, 1.82) is 0 Å². The molecule has 1 aliphatic heterocycles. The van der Waals surface area contributed by atoms with Gasteiger partial charge in [-0.05, 0) is 32.4 Å². The Labute approximate surface area is 111 Å². The first-order valence-electron chi connectivity index (χ1n) is 6.86. The molecule has 0 radical (unpaired) electrons. The molecule has 0 amide bonds. The zero-order valence-electron chi connectivity index (χ0n) is 11.6. The largest absolute Gasteiger partial charge is 0.314 e. The standard InChI is InChI=1S/C14H28N2S/c1-5-10-17-11-9-16-8-7-14(15-6-2)12(3)13(16)4/h5,12-15H,1,6-11H2,2-4H3. The highest BCUT2D eigenvalue weighted by atomic mass is 32.2. The highest BCUT2D eigenvalue weighted by Crippen LogP contribution is 2.23. The van der Waals surface area contributed by atoms with Crippen LogP contribution in [0.1, 0.15) is 27.2 Å². The van der Waals surface area contributed by atoms with E-state index in [1.165, 1.54) is 25.3 Å². The summed E-state index contributed by atoms with van der Waals surface area (Å²) in [6, 6.07) is 1.42. The second-order valence-corrected chi connectivity index (χ2v) is 6.10. The van der Waals surface area contributed by atoms with Gasteiger partial charge in [0.1, 0.15) is 0 Å². The summed E-state index contributed by atoms with van der Waals surface area (Å²) in [7, 11) is 0. The van der Waals surface area contributed by atoms with Crippen LogP contribution in [0.5, 0.6) is 0 Å². The Kier molecular flexibility index (Phi) is 7.24. The lowest BCUT2D eigenvalue weighted by Crippen LogP contribution is -2.53. The van der Waals surface area contributed by atoms with Crippen LogP contribution in [-0.4, -0.2) is 48.1 Å². The van der Waals surface area contributed by atoms with Gasteiger partial charge in [0.05, 0.1) is 0 Å². The lowest BCUT2D eigenvalue weighted by atomic mass is 9.87. The van der Waals surface area contributed by atoms with E-state index in [0.29, 0.717) is 12.1 Å². The third kappa shape index (κ3) is 4.65. The van der Waals surface area contributed by atoms with Crippen molar-refractivity contribution in [2.45, 2.75) is 39.3 Å². The van der Waals surface area contributed by atoms with E-state index in [-0.39, 0.29) is 0 Å². The van der Waals surface area contributed by atoms with Gasteiger partial charge in [0, 0.05) is 30.1 Å². The van der Waals surface area contributed by atoms with Gasteiger partial charge in [-0.1, -0.05) is 19.9 Å². The molecule has 100 valence electrons. The zero-order valence-corrected chi connectivity index (χ0v) is 12.4. The summed E-state index contributed by atoms with van der Waals surface area (Å²) < 4.78 is 0. The van der Waals surface area contributed by atoms with Crippen LogP contribution in [0, 0.1) is 5.92 Å². The number of rotatable bonds is 7. The monoisotopic (exact) mass is 256 g/mol. The first kappa shape index (κ1) is 15.1. The predicted molar refractivity (Wildman–Crippen MR) is 79.8 cm³/mol. The van der Waals surface area contributed by atoms with Crippen LogP contribution >= 0.6 is 11.8 Å². The van der Waals surface area contributed by atoms with E-state index >= 15 is 0 Å². The molecule has 17 heavy (non-hydrogen) atoms. The normalized spacial score (nSPS) is 30.4. The number of hydrogen-bond donors (Lipinski definition) is 1. The third-order valence-electron chi connectivity index (χ3n) is 3.92. The summed E-state index contributed by atoms with van der Waals surface area (Å²) >= 11 is 1.99. The van der Waals surface area contributed by atoms with E-state index in [1.54, 1.807) is 0 Å². The maximum atomic E-state index is 3.76. The van der Waals surface area contributed by atoms with Gasteiger partial charge < -0.3 is 5.32 Å². The Morgan fingerprint density at radius 3 is 2.88 bits per heavy atom. The molecule has 3 unspecified atom stereocenters. The number of likely N-dealkylation sites (tertiary alicyclic amines) is 1. The molecule has 2 nitrogen and oxygen atoms in total. The molecule has 0 aromatic carbocycles. The molecule has 0 saturated carbocycles. The highest BCUT2D eigenvalue weighted by Gasteiger charge is 2.31. The molecule has 1 fully saturated rings. The highest BCUT2D eigenvalue weighted by molar-refractivity contribution is 7.99. The van der Waals surface area contributed by atoms with E-state index in [2.05, 4.69) is 37.6 Å². The first-order chi connectivity index (χ1) is 8.20. The molecule has 1 rings (SSSR count). The van der Waals surface area contributed by atoms with Crippen molar-refractivity contribution in [1.82, 2.24) is 10.2 Å². The van der Waals surface area contributed by atoms with Crippen LogP contribution in [0.2, 0.25) is 0 Å². The van der Waals surface area contributed by atoms with Gasteiger partial charge in [0.2, 0.25) is 0 Å². The fraction of sp³-hybridized carbons (Fsp3) is 0.857. The molecule has 3 atom stereocenters. The van der Waals surface area contributed by atoms with Gasteiger partial charge in [-0.2, -0.15) is 11.8 Å². The minimum Gasteiger partial charge on any atom is -0.314 e. The molecule has 3 heteroatoms. The van der Waals surface area contributed by atoms with Crippen LogP contribution < -0.4 is 5.32 Å². The minimum atomic E-state index is 0.706. The van der Waals surface area contributed by atoms with E-state index < -0.39 is 0 Å². The molecule has 0 aromatic heterocycles. The molecule has 0 bridgehead atoms. The Bertz CT molecular complexity index is 220. The molecule has 1 saturated heterocycles. The van der Waals surface area contributed by atoms with Crippen molar-refractivity contribution in [3.8, 4) is 0 Å². The second-order valence-electron chi connectivity index (χ2n) is 4.95. The van der Waals surface area contributed by atoms with Crippen molar-refractivity contribution in [2.24, 2.45) is 5.92 Å². The Morgan fingerprint density at radius 1 is 1.47 bits per heavy atom. The molecule has 0 aromatic rings. The van der Waals surface area contributed by atoms with Crippen LogP contribution in [-0.2, 0) is 0 Å². The number of hydrogen-bond acceptors (Lipinski definition) is 3. The van der Waals surface area contributed by atoms with E-state index in [0.717, 1.165) is 18.2 Å². The van der Waals surface area contributed by atoms with Gasteiger partial charge in [-0.15, -0.1) is 6.58 Å². The summed E-state index contributed by atoms with van der Waals surface area (Å²) in [6.07, 6.45) is 3.29. The van der Waals surface area contributed by atoms with Gasteiger partial charge in [0.15, 0.2) is 0 Å². The van der Waals surface area contributed by atoms with Gasteiger partial charge in [-0.25, -0.2) is 0 Å². The van der Waals surface area contributed by atoms with Gasteiger partial charge in [0.25, 0.3) is 0 Å². The van der Waals surface area contributed by atoms with E-state index in [9.17, 15) is 0 Å². The van der Waals surface area contributed by atoms with Crippen molar-refractivity contribution in [3.05, 3.63) is 12.7 Å². The fourth-order valence-electron chi connectivity index (χ4n) is 2.65. The predicted octanol–water partition coefficient (Wildman–Crippen LogP) is 2.61. The number of nitrogens with one attached hydrogen (secondary N) is 1. The molecule has 1 aliphatic rings. The summed E-state index contributed by atoms with van der Waals surface area (Å²) in [5.41, 5.74) is 0. The molecule has 1 N–H and O–H groups in total. The minimum absolute atomic E-state index is 0.706. The summed E-state index contributed by atoms with van der Waals surface area (Å²) in [5, 5.41) is 3.62. The molecule has 1 heterocycles. The quantitative estimate of drug-likeness (QED) is 0.557. The van der Waals surface area contributed by atoms with Crippen molar-refractivity contribution < 1.29 is 0 Å². The summed E-state index contributed by atoms with van der Waals surface area (Å²) in [6.45, 7) is 14.3. The lowest BCUT2D eigenvalue weighted by molar-refractivity contribution is 0.0919. The number of thioether (sulfide) groups is 1. The van der Waals surface area contributed by atoms with Crippen molar-refractivity contribution in [2.75, 3.05) is 31.1 Å². The maximum Gasteiger partial charge on any atom is 0.0120 e. The molecular weight excluding hydrogens is 228 g/mol. The average molecular weight is 256 g/mol. The van der Waals surface area contributed by atoms with E-state index in [1.807, 2.05) is 17.8 Å². The van der Waals surface area contributed by atoms with Gasteiger partial charge in [-0.3, -0.25) is 4.90 Å². The number of piperidine rings is 1. The van der Waals surface area contributed by atoms with E-state index in [4.69, 9.17) is 0 Å². The Morgan fingerprint density at radius 2 is 2.24 bits per heavy atom. The first-order valence-corrected chi connectivity index (χ1v) is 8.02. The SMILES string of the molecule is C=CCSCCN1CCC(NCC)C(C)C1C. The smallest absolute Gasteiger partial charge is 0.0120 e. The summed E-state index contributed by atoms with van der Waals surface area (Å²) in [5.74, 6) is 3.07. The fourth-order valence-corrected chi connectivity index (χ4v) is 3.35. The Balaban J connectivity index is 2.31. The zero-order chi connectivity index (χ0) is 12.7. The topological polar surface area (TPSA) is 15.3 Å². The third-order valence-corrected chi connectivity index (χ3v) is 4.87. The van der Waals surface area contributed by atoms with Crippen LogP contribution in [0.25, 0.3) is 0 Å². The van der Waals surface area contributed by atoms with Crippen LogP contribution in [0.4, 0.5) is 0 Å². The lowest BCUT2D eigenvalue weighted by Gasteiger charge is -2.43. The second kappa shape index (κ2) is 8.17. The number of nitrogens with zero attached hydrogens (tertiary/aromatic N) is 1.